The third-order valence-corrected chi connectivity index (χ3v) is 10.8. The van der Waals surface area contributed by atoms with Crippen LogP contribution in [0.5, 0.6) is 0 Å². The Hall–Kier alpha value is 0.434. The zero-order chi connectivity index (χ0) is 18.3. The number of rotatable bonds is 17. The summed E-state index contributed by atoms with van der Waals surface area (Å²) in [7, 11) is -1.65. The van der Waals surface area contributed by atoms with Crippen LogP contribution in [0.15, 0.2) is 0 Å². The summed E-state index contributed by atoms with van der Waals surface area (Å²) in [5.41, 5.74) is 0. The first-order valence-electron chi connectivity index (χ1n) is 11.3. The van der Waals surface area contributed by atoms with Crippen LogP contribution in [0.4, 0.5) is 0 Å². The molecule has 0 aliphatic rings. The van der Waals surface area contributed by atoms with Gasteiger partial charge in [-0.2, -0.15) is 0 Å². The predicted molar refractivity (Wildman–Crippen MR) is 121 cm³/mol. The highest BCUT2D eigenvalue weighted by molar-refractivity contribution is 6.77. The highest BCUT2D eigenvalue weighted by Crippen LogP contribution is 2.23. The molecule has 0 unspecified atom stereocenters. The molecule has 0 radical (unpaired) electrons. The maximum Gasteiger partial charge on any atom is 0.0473 e. The quantitative estimate of drug-likeness (QED) is 0.177. The molecule has 24 heavy (non-hydrogen) atoms. The summed E-state index contributed by atoms with van der Waals surface area (Å²) in [6, 6.07) is 4.69. The fraction of sp³-hybridized carbons (Fsp3) is 1.00. The van der Waals surface area contributed by atoms with E-state index in [9.17, 15) is 0 Å². The molecule has 0 atom stereocenters. The molecule has 2 heteroatoms. The molecule has 0 aromatic carbocycles. The van der Waals surface area contributed by atoms with Crippen LogP contribution in [0.25, 0.3) is 0 Å². The van der Waals surface area contributed by atoms with E-state index in [-0.39, 0.29) is 0 Å². The summed E-state index contributed by atoms with van der Waals surface area (Å²) in [5, 5.41) is 0. The summed E-state index contributed by atoms with van der Waals surface area (Å²) >= 11 is 0. The molecule has 0 bridgehead atoms. The van der Waals surface area contributed by atoms with Crippen LogP contribution in [0.3, 0.4) is 0 Å². The van der Waals surface area contributed by atoms with Gasteiger partial charge in [0.1, 0.15) is 0 Å². The molecule has 0 spiro atoms. The maximum atomic E-state index is 2.64. The van der Waals surface area contributed by atoms with Crippen molar-refractivity contribution in [2.24, 2.45) is 0 Å². The molecule has 0 N–H and O–H groups in total. The lowest BCUT2D eigenvalue weighted by Gasteiger charge is -2.22. The summed E-state index contributed by atoms with van der Waals surface area (Å²) in [6.07, 6.45) is 19.2. The average Bonchev–Trinajstić information content (AvgIpc) is 2.48. The topological polar surface area (TPSA) is 0 Å². The standard InChI is InChI=1S/C22H50Si2/c1-7-8-9-10-11-15-18-21-24(5,6)22-19-16-13-12-14-17-20-23(2,3)4/h7-22H2,1-6H3. The second-order valence-electron chi connectivity index (χ2n) is 10.2. The van der Waals surface area contributed by atoms with Gasteiger partial charge in [0.05, 0.1) is 0 Å². The van der Waals surface area contributed by atoms with Gasteiger partial charge >= 0.3 is 0 Å². The van der Waals surface area contributed by atoms with Crippen LogP contribution in [-0.2, 0) is 0 Å². The Morgan fingerprint density at radius 3 is 1.12 bits per heavy atom. The van der Waals surface area contributed by atoms with Crippen molar-refractivity contribution in [3.8, 4) is 0 Å². The third kappa shape index (κ3) is 18.8. The van der Waals surface area contributed by atoms with Crippen molar-refractivity contribution >= 4 is 16.1 Å². The number of unbranched alkanes of at least 4 members (excludes halogenated alkanes) is 11. The molecule has 0 amide bonds. The molecular formula is C22H50Si2. The average molecular weight is 371 g/mol. The van der Waals surface area contributed by atoms with E-state index in [1.165, 1.54) is 89.5 Å². The van der Waals surface area contributed by atoms with Gasteiger partial charge in [0, 0.05) is 16.1 Å². The van der Waals surface area contributed by atoms with Gasteiger partial charge in [-0.3, -0.25) is 0 Å². The van der Waals surface area contributed by atoms with Crippen molar-refractivity contribution in [2.45, 2.75) is 141 Å². The smallest absolute Gasteiger partial charge is 0.0473 e. The van der Waals surface area contributed by atoms with Crippen LogP contribution in [0.2, 0.25) is 50.9 Å². The van der Waals surface area contributed by atoms with Gasteiger partial charge in [0.15, 0.2) is 0 Å². The maximum absolute atomic E-state index is 2.64. The van der Waals surface area contributed by atoms with Crippen molar-refractivity contribution in [1.82, 2.24) is 0 Å². The van der Waals surface area contributed by atoms with Crippen LogP contribution in [0.1, 0.15) is 90.4 Å². The van der Waals surface area contributed by atoms with Gasteiger partial charge in [-0.05, 0) is 0 Å². The fourth-order valence-corrected chi connectivity index (χ4v) is 7.63. The molecule has 0 aromatic rings. The molecule has 0 aromatic heterocycles. The second-order valence-corrected chi connectivity index (χ2v) is 21.2. The van der Waals surface area contributed by atoms with Gasteiger partial charge in [-0.1, -0.05) is 141 Å². The Kier molecular flexibility index (Phi) is 14.9. The first-order chi connectivity index (χ1) is 11.3. The summed E-state index contributed by atoms with van der Waals surface area (Å²) < 4.78 is 0. The minimum Gasteiger partial charge on any atom is -0.0695 e. The number of hydrogen-bond acceptors (Lipinski definition) is 0. The van der Waals surface area contributed by atoms with E-state index in [0.29, 0.717) is 0 Å². The van der Waals surface area contributed by atoms with Crippen molar-refractivity contribution in [2.75, 3.05) is 0 Å². The Labute approximate surface area is 157 Å². The van der Waals surface area contributed by atoms with E-state index >= 15 is 0 Å². The van der Waals surface area contributed by atoms with E-state index in [2.05, 4.69) is 39.7 Å². The summed E-state index contributed by atoms with van der Waals surface area (Å²) in [5.74, 6) is 0. The normalized spacial score (nSPS) is 12.8. The Morgan fingerprint density at radius 1 is 0.417 bits per heavy atom. The minimum absolute atomic E-state index is 0.778. The largest absolute Gasteiger partial charge is 0.0695 e. The third-order valence-electron chi connectivity index (χ3n) is 5.49. The molecule has 146 valence electrons. The van der Waals surface area contributed by atoms with E-state index in [1.807, 2.05) is 0 Å². The Bertz CT molecular complexity index is 266. The highest BCUT2D eigenvalue weighted by atomic mass is 28.3. The van der Waals surface area contributed by atoms with Gasteiger partial charge in [0.2, 0.25) is 0 Å². The van der Waals surface area contributed by atoms with Crippen molar-refractivity contribution in [3.63, 3.8) is 0 Å². The first-order valence-corrected chi connectivity index (χ1v) is 18.4. The highest BCUT2D eigenvalue weighted by Gasteiger charge is 2.19. The van der Waals surface area contributed by atoms with E-state index in [0.717, 1.165) is 0 Å². The number of hydrogen-bond donors (Lipinski definition) is 0. The molecule has 0 saturated carbocycles. The minimum atomic E-state index is -0.873. The van der Waals surface area contributed by atoms with Crippen LogP contribution >= 0.6 is 0 Å². The molecule has 0 nitrogen and oxygen atoms in total. The summed E-state index contributed by atoms with van der Waals surface area (Å²) in [4.78, 5) is 0. The van der Waals surface area contributed by atoms with Crippen molar-refractivity contribution in [1.29, 1.82) is 0 Å². The zero-order valence-electron chi connectivity index (χ0n) is 18.3. The molecule has 0 aliphatic heterocycles. The van der Waals surface area contributed by atoms with Crippen LogP contribution in [-0.4, -0.2) is 16.1 Å². The van der Waals surface area contributed by atoms with E-state index < -0.39 is 16.1 Å². The van der Waals surface area contributed by atoms with E-state index in [1.54, 1.807) is 12.1 Å². The molecule has 0 fully saturated rings. The van der Waals surface area contributed by atoms with Gasteiger partial charge in [-0.25, -0.2) is 0 Å². The van der Waals surface area contributed by atoms with Gasteiger partial charge in [0.25, 0.3) is 0 Å². The Morgan fingerprint density at radius 2 is 0.750 bits per heavy atom. The van der Waals surface area contributed by atoms with Gasteiger partial charge in [-0.15, -0.1) is 0 Å². The zero-order valence-corrected chi connectivity index (χ0v) is 20.3. The lowest BCUT2D eigenvalue weighted by Crippen LogP contribution is -2.24. The van der Waals surface area contributed by atoms with E-state index in [4.69, 9.17) is 0 Å². The lowest BCUT2D eigenvalue weighted by atomic mass is 10.1. The second kappa shape index (κ2) is 14.6. The van der Waals surface area contributed by atoms with Gasteiger partial charge < -0.3 is 0 Å². The molecule has 0 saturated heterocycles. The van der Waals surface area contributed by atoms with Crippen molar-refractivity contribution < 1.29 is 0 Å². The summed E-state index contributed by atoms with van der Waals surface area (Å²) in [6.45, 7) is 15.1. The monoisotopic (exact) mass is 370 g/mol. The molecule has 0 aliphatic carbocycles. The molecule has 0 rings (SSSR count). The first kappa shape index (κ1) is 24.4. The molecule has 0 heterocycles. The van der Waals surface area contributed by atoms with Crippen LogP contribution < -0.4 is 0 Å². The lowest BCUT2D eigenvalue weighted by molar-refractivity contribution is 0.598. The predicted octanol–water partition coefficient (Wildman–Crippen LogP) is 9.12. The molecular weight excluding hydrogens is 320 g/mol. The SMILES string of the molecule is CCCCCCCCC[Si](C)(C)CCCCCCCC[Si](C)(C)C. The van der Waals surface area contributed by atoms with Crippen LogP contribution in [0, 0.1) is 0 Å². The Balaban J connectivity index is 3.41. The van der Waals surface area contributed by atoms with Crippen molar-refractivity contribution in [3.05, 3.63) is 0 Å². The fourth-order valence-electron chi connectivity index (χ4n) is 3.65.